The zero-order valence-corrected chi connectivity index (χ0v) is 15.1. The van der Waals surface area contributed by atoms with E-state index in [1.54, 1.807) is 11.0 Å². The maximum atomic E-state index is 13.3. The Morgan fingerprint density at radius 2 is 2.00 bits per heavy atom. The molecule has 1 aromatic carbocycles. The highest BCUT2D eigenvalue weighted by molar-refractivity contribution is 5.84. The maximum Gasteiger partial charge on any atom is 0.449 e. The van der Waals surface area contributed by atoms with Gasteiger partial charge in [0.1, 0.15) is 0 Å². The summed E-state index contributed by atoms with van der Waals surface area (Å²) in [7, 11) is 0. The fourth-order valence-corrected chi connectivity index (χ4v) is 3.37. The van der Waals surface area contributed by atoms with E-state index in [1.165, 1.54) is 19.1 Å². The van der Waals surface area contributed by atoms with Gasteiger partial charge >= 0.3 is 6.18 Å². The van der Waals surface area contributed by atoms with Crippen molar-refractivity contribution in [2.45, 2.75) is 38.4 Å². The molecule has 0 spiro atoms. The van der Waals surface area contributed by atoms with Crippen molar-refractivity contribution in [2.24, 2.45) is 0 Å². The number of aliphatic hydroxyl groups is 1. The van der Waals surface area contributed by atoms with E-state index in [1.807, 2.05) is 0 Å². The van der Waals surface area contributed by atoms with Crippen molar-refractivity contribution in [3.8, 4) is 0 Å². The van der Waals surface area contributed by atoms with Gasteiger partial charge in [0.25, 0.3) is 0 Å². The van der Waals surface area contributed by atoms with Crippen molar-refractivity contribution in [3.05, 3.63) is 24.0 Å². The normalized spacial score (nSPS) is 16.6. The fraction of sp³-hybridized carbons (Fsp3) is 0.556. The zero-order chi connectivity index (χ0) is 19.6. The van der Waals surface area contributed by atoms with Crippen molar-refractivity contribution in [1.82, 2.24) is 14.5 Å². The Hall–Kier alpha value is -2.29. The summed E-state index contributed by atoms with van der Waals surface area (Å²) in [6.07, 6.45) is -1.50. The number of nitrogens with one attached hydrogen (secondary N) is 1. The Labute approximate surface area is 155 Å². The van der Waals surface area contributed by atoms with Crippen LogP contribution in [0.1, 0.15) is 38.1 Å². The van der Waals surface area contributed by atoms with E-state index in [4.69, 9.17) is 0 Å². The van der Waals surface area contributed by atoms with Crippen LogP contribution < -0.4 is 5.32 Å². The summed E-state index contributed by atoms with van der Waals surface area (Å²) >= 11 is 0. The van der Waals surface area contributed by atoms with Crippen molar-refractivity contribution in [3.63, 3.8) is 0 Å². The molecule has 2 aromatic rings. The number of benzene rings is 1. The van der Waals surface area contributed by atoms with Crippen LogP contribution in [0, 0.1) is 0 Å². The number of hydrogen-bond donors (Lipinski definition) is 2. The SMILES string of the molecule is CC(CO)n1c(C(F)(F)F)nc2cc(NCC(=O)N3CCCCC3)ccc21. The number of alkyl halides is 3. The van der Waals surface area contributed by atoms with E-state index in [0.29, 0.717) is 5.69 Å². The van der Waals surface area contributed by atoms with Gasteiger partial charge in [-0.3, -0.25) is 4.79 Å². The van der Waals surface area contributed by atoms with E-state index >= 15 is 0 Å². The summed E-state index contributed by atoms with van der Waals surface area (Å²) in [6, 6.07) is 3.88. The fourth-order valence-electron chi connectivity index (χ4n) is 3.37. The molecule has 1 saturated heterocycles. The van der Waals surface area contributed by atoms with Gasteiger partial charge in [-0.2, -0.15) is 13.2 Å². The Morgan fingerprint density at radius 1 is 1.30 bits per heavy atom. The van der Waals surface area contributed by atoms with Gasteiger partial charge in [-0.1, -0.05) is 0 Å². The quantitative estimate of drug-likeness (QED) is 0.831. The average Bonchev–Trinajstić information content (AvgIpc) is 3.05. The van der Waals surface area contributed by atoms with E-state index in [0.717, 1.165) is 36.9 Å². The van der Waals surface area contributed by atoms with Gasteiger partial charge in [-0.05, 0) is 44.4 Å². The molecule has 2 heterocycles. The molecule has 1 fully saturated rings. The molecular formula is C18H23F3N4O2. The van der Waals surface area contributed by atoms with Gasteiger partial charge in [-0.15, -0.1) is 0 Å². The summed E-state index contributed by atoms with van der Waals surface area (Å²) < 4.78 is 40.9. The average molecular weight is 384 g/mol. The number of likely N-dealkylation sites (tertiary alicyclic amines) is 1. The number of fused-ring (bicyclic) bond motifs is 1. The first kappa shape index (κ1) is 19.5. The lowest BCUT2D eigenvalue weighted by atomic mass is 10.1. The Bertz CT molecular complexity index is 813. The molecule has 0 bridgehead atoms. The van der Waals surface area contributed by atoms with Gasteiger partial charge < -0.3 is 19.9 Å². The van der Waals surface area contributed by atoms with Crippen LogP contribution in [-0.4, -0.2) is 51.7 Å². The third-order valence-electron chi connectivity index (χ3n) is 4.80. The second-order valence-corrected chi connectivity index (χ2v) is 6.83. The number of piperidine rings is 1. The summed E-state index contributed by atoms with van der Waals surface area (Å²) in [6.45, 7) is 2.65. The van der Waals surface area contributed by atoms with Crippen molar-refractivity contribution in [2.75, 3.05) is 31.6 Å². The minimum atomic E-state index is -4.62. The molecule has 3 rings (SSSR count). The van der Waals surface area contributed by atoms with Crippen LogP contribution in [0.2, 0.25) is 0 Å². The Morgan fingerprint density at radius 3 is 2.63 bits per heavy atom. The number of imidazole rings is 1. The number of nitrogens with zero attached hydrogens (tertiary/aromatic N) is 3. The second kappa shape index (κ2) is 7.75. The first-order chi connectivity index (χ1) is 12.8. The van der Waals surface area contributed by atoms with Crippen LogP contribution in [0.5, 0.6) is 0 Å². The first-order valence-corrected chi connectivity index (χ1v) is 9.03. The number of anilines is 1. The molecule has 1 aliphatic rings. The Kier molecular flexibility index (Phi) is 5.59. The highest BCUT2D eigenvalue weighted by atomic mass is 19.4. The molecule has 1 aliphatic heterocycles. The molecule has 6 nitrogen and oxygen atoms in total. The lowest BCUT2D eigenvalue weighted by Crippen LogP contribution is -2.39. The monoisotopic (exact) mass is 384 g/mol. The van der Waals surface area contributed by atoms with Gasteiger partial charge in [0.15, 0.2) is 0 Å². The molecule has 0 radical (unpaired) electrons. The minimum absolute atomic E-state index is 0.0230. The second-order valence-electron chi connectivity index (χ2n) is 6.83. The molecular weight excluding hydrogens is 361 g/mol. The molecule has 0 saturated carbocycles. The van der Waals surface area contributed by atoms with Gasteiger partial charge in [0.2, 0.25) is 11.7 Å². The summed E-state index contributed by atoms with van der Waals surface area (Å²) in [5.41, 5.74) is 0.984. The number of aliphatic hydroxyl groups excluding tert-OH is 1. The largest absolute Gasteiger partial charge is 0.449 e. The van der Waals surface area contributed by atoms with E-state index < -0.39 is 24.6 Å². The first-order valence-electron chi connectivity index (χ1n) is 9.03. The number of carbonyl (C=O) groups excluding carboxylic acids is 1. The predicted molar refractivity (Wildman–Crippen MR) is 95.5 cm³/mol. The summed E-state index contributed by atoms with van der Waals surface area (Å²) in [5, 5.41) is 12.3. The summed E-state index contributed by atoms with van der Waals surface area (Å²) in [4.78, 5) is 17.7. The molecule has 1 atom stereocenters. The molecule has 1 aromatic heterocycles. The van der Waals surface area contributed by atoms with E-state index in [9.17, 15) is 23.1 Å². The number of rotatable bonds is 5. The molecule has 148 valence electrons. The lowest BCUT2D eigenvalue weighted by Gasteiger charge is -2.26. The van der Waals surface area contributed by atoms with Crippen LogP contribution in [0.15, 0.2) is 18.2 Å². The van der Waals surface area contributed by atoms with Gasteiger partial charge in [0, 0.05) is 18.8 Å². The van der Waals surface area contributed by atoms with Crippen LogP contribution in [0.4, 0.5) is 18.9 Å². The van der Waals surface area contributed by atoms with Gasteiger partial charge in [-0.25, -0.2) is 4.98 Å². The van der Waals surface area contributed by atoms with Crippen LogP contribution >= 0.6 is 0 Å². The topological polar surface area (TPSA) is 70.4 Å². The van der Waals surface area contributed by atoms with Crippen molar-refractivity contribution >= 4 is 22.6 Å². The lowest BCUT2D eigenvalue weighted by molar-refractivity contribution is -0.147. The third-order valence-corrected chi connectivity index (χ3v) is 4.80. The van der Waals surface area contributed by atoms with Crippen LogP contribution in [0.25, 0.3) is 11.0 Å². The number of aromatic nitrogens is 2. The number of hydrogen-bond acceptors (Lipinski definition) is 4. The van der Waals surface area contributed by atoms with Crippen molar-refractivity contribution in [1.29, 1.82) is 0 Å². The van der Waals surface area contributed by atoms with Crippen LogP contribution in [-0.2, 0) is 11.0 Å². The number of carbonyl (C=O) groups is 1. The number of halogens is 3. The predicted octanol–water partition coefficient (Wildman–Crippen LogP) is 3.03. The standard InChI is InChI=1S/C18H23F3N4O2/c1-12(11-26)25-15-6-5-13(9-14(15)23-17(25)18(19,20)21)22-10-16(27)24-7-3-2-4-8-24/h5-6,9,12,22,26H,2-4,7-8,10-11H2,1H3. The zero-order valence-electron chi connectivity index (χ0n) is 15.1. The highest BCUT2D eigenvalue weighted by Crippen LogP contribution is 2.34. The molecule has 0 aliphatic carbocycles. The third kappa shape index (κ3) is 4.18. The van der Waals surface area contributed by atoms with Gasteiger partial charge in [0.05, 0.1) is 30.2 Å². The molecule has 2 N–H and O–H groups in total. The Balaban J connectivity index is 1.81. The molecule has 27 heavy (non-hydrogen) atoms. The number of amides is 1. The molecule has 1 amide bonds. The molecule has 9 heteroatoms. The maximum absolute atomic E-state index is 13.3. The summed E-state index contributed by atoms with van der Waals surface area (Å²) in [5.74, 6) is -1.06. The van der Waals surface area contributed by atoms with Crippen molar-refractivity contribution < 1.29 is 23.1 Å². The smallest absolute Gasteiger partial charge is 0.394 e. The van der Waals surface area contributed by atoms with E-state index in [-0.39, 0.29) is 23.5 Å². The minimum Gasteiger partial charge on any atom is -0.394 e. The molecule has 1 unspecified atom stereocenters. The van der Waals surface area contributed by atoms with E-state index in [2.05, 4.69) is 10.3 Å². The highest BCUT2D eigenvalue weighted by Gasteiger charge is 2.38. The van der Waals surface area contributed by atoms with Crippen LogP contribution in [0.3, 0.4) is 0 Å².